The summed E-state index contributed by atoms with van der Waals surface area (Å²) in [6.45, 7) is 2.47. The van der Waals surface area contributed by atoms with Crippen LogP contribution in [-0.4, -0.2) is 36.8 Å². The molecule has 1 unspecified atom stereocenters. The zero-order valence-corrected chi connectivity index (χ0v) is 11.0. The van der Waals surface area contributed by atoms with Crippen molar-refractivity contribution < 1.29 is 9.90 Å². The maximum absolute atomic E-state index is 10.8. The van der Waals surface area contributed by atoms with Gasteiger partial charge in [0.05, 0.1) is 12.5 Å². The van der Waals surface area contributed by atoms with Gasteiger partial charge in [-0.15, -0.1) is 0 Å². The fraction of sp³-hybridized carbons (Fsp3) is 0.417. The molecule has 0 bridgehead atoms. The fourth-order valence-electron chi connectivity index (χ4n) is 2.12. The number of carboxylic acids is 1. The third-order valence-corrected chi connectivity index (χ3v) is 3.45. The lowest BCUT2D eigenvalue weighted by Crippen LogP contribution is -2.52. The largest absolute Gasteiger partial charge is 0.481 e. The topological polar surface area (TPSA) is 52.6 Å². The van der Waals surface area contributed by atoms with Gasteiger partial charge in [-0.1, -0.05) is 15.9 Å². The predicted octanol–water partition coefficient (Wildman–Crippen LogP) is 1.70. The second-order valence-electron chi connectivity index (χ2n) is 4.13. The molecule has 1 aromatic rings. The molecule has 2 rings (SSSR count). The van der Waals surface area contributed by atoms with Crippen LogP contribution < -0.4 is 10.2 Å². The summed E-state index contributed by atoms with van der Waals surface area (Å²) in [5.41, 5.74) is 1.08. The van der Waals surface area contributed by atoms with Gasteiger partial charge in [-0.05, 0) is 24.3 Å². The van der Waals surface area contributed by atoms with Crippen LogP contribution in [0.15, 0.2) is 28.7 Å². The van der Waals surface area contributed by atoms with Crippen molar-refractivity contribution in [2.24, 2.45) is 0 Å². The van der Waals surface area contributed by atoms with Crippen molar-refractivity contribution in [2.75, 3.05) is 24.5 Å². The van der Waals surface area contributed by atoms with E-state index in [1.54, 1.807) is 0 Å². The van der Waals surface area contributed by atoms with Crippen LogP contribution in [0.3, 0.4) is 0 Å². The number of aliphatic carboxylic acids is 1. The molecule has 1 aliphatic heterocycles. The van der Waals surface area contributed by atoms with Crippen molar-refractivity contribution in [1.29, 1.82) is 0 Å². The molecule has 2 N–H and O–H groups in total. The van der Waals surface area contributed by atoms with Gasteiger partial charge in [-0.3, -0.25) is 4.79 Å². The number of hydrogen-bond donors (Lipinski definition) is 2. The molecular formula is C12H15BrN2O2. The summed E-state index contributed by atoms with van der Waals surface area (Å²) in [7, 11) is 0. The van der Waals surface area contributed by atoms with E-state index in [-0.39, 0.29) is 12.5 Å². The molecule has 4 nitrogen and oxygen atoms in total. The summed E-state index contributed by atoms with van der Waals surface area (Å²) in [6, 6.07) is 8.03. The molecule has 1 fully saturated rings. The van der Waals surface area contributed by atoms with E-state index in [0.29, 0.717) is 0 Å². The molecular weight excluding hydrogens is 284 g/mol. The van der Waals surface area contributed by atoms with Crippen molar-refractivity contribution in [2.45, 2.75) is 12.5 Å². The zero-order valence-electron chi connectivity index (χ0n) is 9.40. The van der Waals surface area contributed by atoms with Gasteiger partial charge in [0.1, 0.15) is 0 Å². The van der Waals surface area contributed by atoms with E-state index in [4.69, 9.17) is 5.11 Å². The Hall–Kier alpha value is -1.07. The Morgan fingerprint density at radius 1 is 1.47 bits per heavy atom. The van der Waals surface area contributed by atoms with E-state index < -0.39 is 5.97 Å². The first-order valence-electron chi connectivity index (χ1n) is 5.61. The van der Waals surface area contributed by atoms with Gasteiger partial charge in [0.25, 0.3) is 0 Å². The predicted molar refractivity (Wildman–Crippen MR) is 70.4 cm³/mol. The maximum Gasteiger partial charge on any atom is 0.305 e. The molecule has 1 aromatic carbocycles. The minimum atomic E-state index is -0.749. The molecule has 1 saturated heterocycles. The van der Waals surface area contributed by atoms with Gasteiger partial charge >= 0.3 is 5.97 Å². The molecule has 5 heteroatoms. The maximum atomic E-state index is 10.8. The number of anilines is 1. The highest BCUT2D eigenvalue weighted by Crippen LogP contribution is 2.22. The third kappa shape index (κ3) is 3.20. The van der Waals surface area contributed by atoms with Crippen LogP contribution in [0.5, 0.6) is 0 Å². The molecule has 0 spiro atoms. The highest BCUT2D eigenvalue weighted by atomic mass is 79.9. The average molecular weight is 299 g/mol. The lowest BCUT2D eigenvalue weighted by atomic mass is 10.1. The first kappa shape index (κ1) is 12.4. The summed E-state index contributed by atoms with van der Waals surface area (Å²) in [4.78, 5) is 13.0. The average Bonchev–Trinajstić information content (AvgIpc) is 2.30. The Balaban J connectivity index is 2.15. The van der Waals surface area contributed by atoms with Crippen molar-refractivity contribution >= 4 is 27.6 Å². The number of nitrogens with one attached hydrogen (secondary N) is 1. The first-order chi connectivity index (χ1) is 8.16. The minimum absolute atomic E-state index is 0.0300. The number of rotatable bonds is 3. The Bertz CT molecular complexity index is 394. The Labute approximate surface area is 109 Å². The minimum Gasteiger partial charge on any atom is -0.481 e. The summed E-state index contributed by atoms with van der Waals surface area (Å²) in [5, 5.41) is 12.1. The normalized spacial score (nSPS) is 20.3. The number of benzene rings is 1. The number of piperazine rings is 1. The van der Waals surface area contributed by atoms with Crippen LogP contribution in [0.1, 0.15) is 6.42 Å². The molecule has 92 valence electrons. The zero-order chi connectivity index (χ0) is 12.3. The fourth-order valence-corrected chi connectivity index (χ4v) is 2.38. The van der Waals surface area contributed by atoms with Crippen molar-refractivity contribution in [3.05, 3.63) is 28.7 Å². The molecule has 17 heavy (non-hydrogen) atoms. The van der Waals surface area contributed by atoms with Crippen LogP contribution in [0, 0.1) is 0 Å². The SMILES string of the molecule is O=C(O)CC1CNCCN1c1ccc(Br)cc1. The van der Waals surface area contributed by atoms with Crippen molar-refractivity contribution in [3.63, 3.8) is 0 Å². The van der Waals surface area contributed by atoms with Gasteiger partial charge in [0.2, 0.25) is 0 Å². The summed E-state index contributed by atoms with van der Waals surface area (Å²) in [6.07, 6.45) is 0.170. The van der Waals surface area contributed by atoms with Crippen LogP contribution in [-0.2, 0) is 4.79 Å². The summed E-state index contributed by atoms with van der Waals surface area (Å²) < 4.78 is 1.03. The van der Waals surface area contributed by atoms with Gasteiger partial charge in [0.15, 0.2) is 0 Å². The molecule has 0 aliphatic carbocycles. The molecule has 0 amide bonds. The first-order valence-corrected chi connectivity index (χ1v) is 6.41. The van der Waals surface area contributed by atoms with Gasteiger partial charge < -0.3 is 15.3 Å². The smallest absolute Gasteiger partial charge is 0.305 e. The molecule has 0 aromatic heterocycles. The van der Waals surface area contributed by atoms with E-state index >= 15 is 0 Å². The van der Waals surface area contributed by atoms with Crippen molar-refractivity contribution in [1.82, 2.24) is 5.32 Å². The van der Waals surface area contributed by atoms with Gasteiger partial charge in [-0.2, -0.15) is 0 Å². The van der Waals surface area contributed by atoms with E-state index in [1.165, 1.54) is 0 Å². The van der Waals surface area contributed by atoms with E-state index in [9.17, 15) is 4.79 Å². The van der Waals surface area contributed by atoms with Crippen molar-refractivity contribution in [3.8, 4) is 0 Å². The summed E-state index contributed by atoms with van der Waals surface area (Å²) in [5.74, 6) is -0.749. The molecule has 1 atom stereocenters. The van der Waals surface area contributed by atoms with E-state index in [2.05, 4.69) is 26.1 Å². The monoisotopic (exact) mass is 298 g/mol. The highest BCUT2D eigenvalue weighted by Gasteiger charge is 2.24. The van der Waals surface area contributed by atoms with Crippen LogP contribution in [0.25, 0.3) is 0 Å². The molecule has 0 saturated carbocycles. The van der Waals surface area contributed by atoms with Crippen LogP contribution in [0.4, 0.5) is 5.69 Å². The lowest BCUT2D eigenvalue weighted by molar-refractivity contribution is -0.137. The van der Waals surface area contributed by atoms with Gasteiger partial charge in [-0.25, -0.2) is 0 Å². The number of nitrogens with zero attached hydrogens (tertiary/aromatic N) is 1. The second kappa shape index (κ2) is 5.51. The quantitative estimate of drug-likeness (QED) is 0.892. The number of hydrogen-bond acceptors (Lipinski definition) is 3. The molecule has 1 aliphatic rings. The van der Waals surface area contributed by atoms with Gasteiger partial charge in [0, 0.05) is 29.8 Å². The number of carbonyl (C=O) groups is 1. The Kier molecular flexibility index (Phi) is 4.02. The van der Waals surface area contributed by atoms with E-state index in [1.807, 2.05) is 24.3 Å². The Morgan fingerprint density at radius 3 is 2.82 bits per heavy atom. The van der Waals surface area contributed by atoms with E-state index in [0.717, 1.165) is 29.8 Å². The Morgan fingerprint density at radius 2 is 2.18 bits per heavy atom. The standard InChI is InChI=1S/C12H15BrN2O2/c13-9-1-3-10(4-2-9)15-6-5-14-8-11(15)7-12(16)17/h1-4,11,14H,5-8H2,(H,16,17). The highest BCUT2D eigenvalue weighted by molar-refractivity contribution is 9.10. The second-order valence-corrected chi connectivity index (χ2v) is 5.04. The lowest BCUT2D eigenvalue weighted by Gasteiger charge is -2.37. The summed E-state index contributed by atoms with van der Waals surface area (Å²) >= 11 is 3.40. The third-order valence-electron chi connectivity index (χ3n) is 2.92. The number of carboxylic acid groups (broad SMARTS) is 1. The van der Waals surface area contributed by atoms with Crippen LogP contribution in [0.2, 0.25) is 0 Å². The molecule has 1 heterocycles. The van der Waals surface area contributed by atoms with Crippen LogP contribution >= 0.6 is 15.9 Å². The molecule has 0 radical (unpaired) electrons. The number of halogens is 1.